The summed E-state index contributed by atoms with van der Waals surface area (Å²) >= 11 is 0. The number of nitrogens with one attached hydrogen (secondary N) is 1. The van der Waals surface area contributed by atoms with Crippen molar-refractivity contribution in [3.05, 3.63) is 59.8 Å². The molecule has 118 valence electrons. The molecule has 2 rings (SSSR count). The molecule has 0 radical (unpaired) electrons. The van der Waals surface area contributed by atoms with E-state index in [1.54, 1.807) is 43.5 Å². The Kier molecular flexibility index (Phi) is 5.17. The number of aromatic carboxylic acids is 1. The molecule has 6 nitrogen and oxygen atoms in total. The van der Waals surface area contributed by atoms with Crippen molar-refractivity contribution in [3.8, 4) is 29.0 Å². The predicted molar refractivity (Wildman–Crippen MR) is 88.3 cm³/mol. The summed E-state index contributed by atoms with van der Waals surface area (Å²) in [5.41, 5.74) is 1.84. The molecule has 0 aliphatic carbocycles. The molecule has 0 unspecified atom stereocenters. The molecule has 0 saturated heterocycles. The summed E-state index contributed by atoms with van der Waals surface area (Å²) < 4.78 is 5.11. The van der Waals surface area contributed by atoms with Gasteiger partial charge in [0.25, 0.3) is 0 Å². The van der Waals surface area contributed by atoms with Gasteiger partial charge in [0.05, 0.1) is 18.4 Å². The number of allylic oxidation sites excluding steroid dienone is 1. The highest BCUT2D eigenvalue weighted by Gasteiger charge is 2.11. The molecule has 0 atom stereocenters. The second kappa shape index (κ2) is 7.48. The van der Waals surface area contributed by atoms with Crippen molar-refractivity contribution in [3.63, 3.8) is 0 Å². The molecule has 0 heterocycles. The Morgan fingerprint density at radius 2 is 1.75 bits per heavy atom. The van der Waals surface area contributed by atoms with E-state index in [2.05, 4.69) is 5.32 Å². The van der Waals surface area contributed by atoms with E-state index in [4.69, 9.17) is 15.3 Å². The minimum atomic E-state index is -1.11. The van der Waals surface area contributed by atoms with E-state index >= 15 is 0 Å². The molecule has 0 bridgehead atoms. The number of ether oxygens (including phenoxy) is 1. The van der Waals surface area contributed by atoms with Gasteiger partial charge in [0, 0.05) is 6.20 Å². The standard InChI is InChI=1S/C18H13N3O3/c1-24-15-5-2-13(3-6-15)14-4-7-16(18(22)23)17(8-14)21-11-12(9-19)10-20/h2-8,11,21H,1H3,(H,22,23). The quantitative estimate of drug-likeness (QED) is 0.818. The molecule has 0 amide bonds. The molecule has 0 aliphatic heterocycles. The number of nitrogens with zero attached hydrogens (tertiary/aromatic N) is 2. The van der Waals surface area contributed by atoms with Crippen LogP contribution in [0.5, 0.6) is 5.75 Å². The Hall–Kier alpha value is -3.77. The summed E-state index contributed by atoms with van der Waals surface area (Å²) in [7, 11) is 1.58. The number of rotatable bonds is 5. The zero-order valence-electron chi connectivity index (χ0n) is 12.8. The molecule has 0 saturated carbocycles. The van der Waals surface area contributed by atoms with Crippen LogP contribution in [0.2, 0.25) is 0 Å². The number of carbonyl (C=O) groups is 1. The monoisotopic (exact) mass is 319 g/mol. The molecule has 2 N–H and O–H groups in total. The van der Waals surface area contributed by atoms with Gasteiger partial charge in [0.1, 0.15) is 23.5 Å². The van der Waals surface area contributed by atoms with E-state index in [1.165, 1.54) is 12.3 Å². The Morgan fingerprint density at radius 3 is 2.29 bits per heavy atom. The summed E-state index contributed by atoms with van der Waals surface area (Å²) in [5, 5.41) is 29.5. The number of carboxylic acids is 1. The smallest absolute Gasteiger partial charge is 0.337 e. The van der Waals surface area contributed by atoms with Crippen LogP contribution in [0.3, 0.4) is 0 Å². The van der Waals surface area contributed by atoms with E-state index in [1.807, 2.05) is 12.1 Å². The lowest BCUT2D eigenvalue weighted by molar-refractivity contribution is 0.0698. The summed E-state index contributed by atoms with van der Waals surface area (Å²) in [4.78, 5) is 11.3. The fraction of sp³-hybridized carbons (Fsp3) is 0.0556. The van der Waals surface area contributed by atoms with Gasteiger partial charge in [-0.2, -0.15) is 10.5 Å². The van der Waals surface area contributed by atoms with Crippen LogP contribution >= 0.6 is 0 Å². The van der Waals surface area contributed by atoms with Crippen molar-refractivity contribution in [2.24, 2.45) is 0 Å². The molecule has 0 aromatic heterocycles. The van der Waals surface area contributed by atoms with Gasteiger partial charge in [-0.3, -0.25) is 0 Å². The van der Waals surface area contributed by atoms with Crippen molar-refractivity contribution in [2.75, 3.05) is 12.4 Å². The average Bonchev–Trinajstić information content (AvgIpc) is 2.62. The van der Waals surface area contributed by atoms with Crippen LogP contribution in [0.1, 0.15) is 10.4 Å². The Morgan fingerprint density at radius 1 is 1.12 bits per heavy atom. The van der Waals surface area contributed by atoms with Gasteiger partial charge in [-0.05, 0) is 35.4 Å². The predicted octanol–water partition coefficient (Wildman–Crippen LogP) is 3.40. The number of carboxylic acid groups (broad SMARTS) is 1. The fourth-order valence-corrected chi connectivity index (χ4v) is 2.05. The first-order valence-electron chi connectivity index (χ1n) is 6.87. The Labute approximate surface area is 138 Å². The van der Waals surface area contributed by atoms with E-state index in [0.29, 0.717) is 5.69 Å². The van der Waals surface area contributed by atoms with Gasteiger partial charge in [0.2, 0.25) is 0 Å². The molecule has 2 aromatic carbocycles. The molecule has 2 aromatic rings. The van der Waals surface area contributed by atoms with Gasteiger partial charge < -0.3 is 15.2 Å². The molecular formula is C18H13N3O3. The third-order valence-corrected chi connectivity index (χ3v) is 3.29. The summed E-state index contributed by atoms with van der Waals surface area (Å²) in [6.45, 7) is 0. The van der Waals surface area contributed by atoms with Gasteiger partial charge in [-0.25, -0.2) is 4.79 Å². The lowest BCUT2D eigenvalue weighted by atomic mass is 10.0. The van der Waals surface area contributed by atoms with Gasteiger partial charge >= 0.3 is 5.97 Å². The maximum atomic E-state index is 11.3. The zero-order chi connectivity index (χ0) is 17.5. The molecule has 0 fully saturated rings. The lowest BCUT2D eigenvalue weighted by Crippen LogP contribution is -2.03. The minimum absolute atomic E-state index is 0.0405. The number of nitriles is 2. The van der Waals surface area contributed by atoms with Crippen molar-refractivity contribution in [1.29, 1.82) is 10.5 Å². The summed E-state index contributed by atoms with van der Waals surface area (Å²) in [5.74, 6) is -0.391. The highest BCUT2D eigenvalue weighted by Crippen LogP contribution is 2.27. The van der Waals surface area contributed by atoms with Crippen LogP contribution < -0.4 is 10.1 Å². The number of hydrogen-bond donors (Lipinski definition) is 2. The van der Waals surface area contributed by atoms with Crippen LogP contribution in [-0.4, -0.2) is 18.2 Å². The van der Waals surface area contributed by atoms with Crippen LogP contribution in [0, 0.1) is 22.7 Å². The summed E-state index contributed by atoms with van der Waals surface area (Å²) in [6, 6.07) is 15.5. The maximum absolute atomic E-state index is 11.3. The average molecular weight is 319 g/mol. The number of methoxy groups -OCH3 is 1. The van der Waals surface area contributed by atoms with Gasteiger partial charge in [-0.1, -0.05) is 18.2 Å². The third kappa shape index (κ3) is 3.70. The highest BCUT2D eigenvalue weighted by atomic mass is 16.5. The van der Waals surface area contributed by atoms with E-state index < -0.39 is 5.97 Å². The van der Waals surface area contributed by atoms with E-state index in [9.17, 15) is 9.90 Å². The van der Waals surface area contributed by atoms with Gasteiger partial charge in [0.15, 0.2) is 0 Å². The SMILES string of the molecule is COc1ccc(-c2ccc(C(=O)O)c(NC=C(C#N)C#N)c2)cc1. The molecule has 0 aliphatic rings. The first-order valence-corrected chi connectivity index (χ1v) is 6.87. The van der Waals surface area contributed by atoms with Crippen LogP contribution in [0.25, 0.3) is 11.1 Å². The molecular weight excluding hydrogens is 306 g/mol. The van der Waals surface area contributed by atoms with Gasteiger partial charge in [-0.15, -0.1) is 0 Å². The minimum Gasteiger partial charge on any atom is -0.497 e. The van der Waals surface area contributed by atoms with Crippen molar-refractivity contribution >= 4 is 11.7 Å². The van der Waals surface area contributed by atoms with Crippen molar-refractivity contribution in [1.82, 2.24) is 0 Å². The zero-order valence-corrected chi connectivity index (χ0v) is 12.8. The molecule has 6 heteroatoms. The van der Waals surface area contributed by atoms with E-state index in [-0.39, 0.29) is 11.1 Å². The number of anilines is 1. The lowest BCUT2D eigenvalue weighted by Gasteiger charge is -2.10. The fourth-order valence-electron chi connectivity index (χ4n) is 2.05. The van der Waals surface area contributed by atoms with Crippen LogP contribution in [0.4, 0.5) is 5.69 Å². The first kappa shape index (κ1) is 16.6. The van der Waals surface area contributed by atoms with Crippen LogP contribution in [-0.2, 0) is 0 Å². The number of benzene rings is 2. The second-order valence-corrected chi connectivity index (χ2v) is 4.72. The summed E-state index contributed by atoms with van der Waals surface area (Å²) in [6.07, 6.45) is 1.18. The van der Waals surface area contributed by atoms with Crippen LogP contribution in [0.15, 0.2) is 54.2 Å². The largest absolute Gasteiger partial charge is 0.497 e. The second-order valence-electron chi connectivity index (χ2n) is 4.72. The first-order chi connectivity index (χ1) is 11.6. The number of hydrogen-bond acceptors (Lipinski definition) is 5. The van der Waals surface area contributed by atoms with Crippen molar-refractivity contribution in [2.45, 2.75) is 0 Å². The maximum Gasteiger partial charge on any atom is 0.337 e. The van der Waals surface area contributed by atoms with Crippen molar-refractivity contribution < 1.29 is 14.6 Å². The molecule has 0 spiro atoms. The normalized spacial score (nSPS) is 9.29. The Bertz CT molecular complexity index is 856. The Balaban J connectivity index is 2.44. The highest BCUT2D eigenvalue weighted by molar-refractivity contribution is 5.95. The molecule has 24 heavy (non-hydrogen) atoms. The third-order valence-electron chi connectivity index (χ3n) is 3.29. The van der Waals surface area contributed by atoms with E-state index in [0.717, 1.165) is 16.9 Å². The topological polar surface area (TPSA) is 106 Å².